The molecule has 0 bridgehead atoms. The van der Waals surface area contributed by atoms with Gasteiger partial charge in [0.05, 0.1) is 5.56 Å². The lowest BCUT2D eigenvalue weighted by Crippen LogP contribution is -2.26. The van der Waals surface area contributed by atoms with Gasteiger partial charge in [-0.25, -0.2) is 22.0 Å². The summed E-state index contributed by atoms with van der Waals surface area (Å²) in [5, 5.41) is 0. The SMILES string of the molecule is CCCCCc1ccc(-c2ccc(C(F)(F)Oc3cc(F)c(C(F)(F)Oc4cc(F)c(F)c(F)c4)c(F)c3)cc2)cc1. The fourth-order valence-electron chi connectivity index (χ4n) is 4.18. The van der Waals surface area contributed by atoms with Crippen molar-refractivity contribution in [1.82, 2.24) is 0 Å². The van der Waals surface area contributed by atoms with Crippen molar-refractivity contribution in [3.05, 3.63) is 119 Å². The molecule has 0 aliphatic carbocycles. The first-order valence-corrected chi connectivity index (χ1v) is 12.8. The van der Waals surface area contributed by atoms with Crippen molar-refractivity contribution >= 4 is 0 Å². The van der Waals surface area contributed by atoms with Gasteiger partial charge in [0.1, 0.15) is 28.7 Å². The first kappa shape index (κ1) is 30.8. The molecule has 0 saturated heterocycles. The van der Waals surface area contributed by atoms with E-state index in [0.717, 1.165) is 48.9 Å². The Hall–Kier alpha value is -4.15. The molecule has 0 radical (unpaired) electrons. The molecule has 4 aromatic rings. The van der Waals surface area contributed by atoms with Crippen LogP contribution < -0.4 is 9.47 Å². The fraction of sp³-hybridized carbons (Fsp3) is 0.226. The third-order valence-corrected chi connectivity index (χ3v) is 6.33. The van der Waals surface area contributed by atoms with E-state index in [1.807, 2.05) is 24.3 Å². The van der Waals surface area contributed by atoms with Gasteiger partial charge in [-0.15, -0.1) is 0 Å². The number of benzene rings is 4. The maximum Gasteiger partial charge on any atom is 0.432 e. The second-order valence-electron chi connectivity index (χ2n) is 9.43. The van der Waals surface area contributed by atoms with E-state index in [1.165, 1.54) is 12.1 Å². The minimum absolute atomic E-state index is 0.0368. The monoisotopic (exact) mass is 598 g/mol. The van der Waals surface area contributed by atoms with Crippen LogP contribution in [0, 0.1) is 29.1 Å². The summed E-state index contributed by atoms with van der Waals surface area (Å²) in [6, 6.07) is 12.8. The van der Waals surface area contributed by atoms with Crippen LogP contribution in [-0.2, 0) is 18.6 Å². The minimum atomic E-state index is -4.88. The molecule has 0 amide bonds. The van der Waals surface area contributed by atoms with Crippen molar-refractivity contribution in [3.8, 4) is 22.6 Å². The maximum atomic E-state index is 14.8. The zero-order valence-corrected chi connectivity index (χ0v) is 22.0. The Bertz CT molecular complexity index is 1490. The summed E-state index contributed by atoms with van der Waals surface area (Å²) >= 11 is 0. The molecule has 0 spiro atoms. The molecule has 11 heteroatoms. The van der Waals surface area contributed by atoms with E-state index in [1.54, 1.807) is 0 Å². The van der Waals surface area contributed by atoms with Gasteiger partial charge in [0.15, 0.2) is 17.5 Å². The highest BCUT2D eigenvalue weighted by Crippen LogP contribution is 2.39. The molecular formula is C31H23F9O2. The number of aryl methyl sites for hydroxylation is 1. The highest BCUT2D eigenvalue weighted by atomic mass is 19.3. The Morgan fingerprint density at radius 2 is 1.02 bits per heavy atom. The summed E-state index contributed by atoms with van der Waals surface area (Å²) in [6.07, 6.45) is -4.79. The van der Waals surface area contributed by atoms with Crippen LogP contribution in [0.25, 0.3) is 11.1 Å². The van der Waals surface area contributed by atoms with Crippen LogP contribution in [-0.4, -0.2) is 0 Å². The number of hydrogen-bond acceptors (Lipinski definition) is 2. The van der Waals surface area contributed by atoms with Crippen molar-refractivity contribution in [2.75, 3.05) is 0 Å². The van der Waals surface area contributed by atoms with Crippen molar-refractivity contribution < 1.29 is 49.0 Å². The molecule has 42 heavy (non-hydrogen) atoms. The molecule has 4 rings (SSSR count). The number of halogens is 9. The van der Waals surface area contributed by atoms with Crippen LogP contribution in [0.3, 0.4) is 0 Å². The number of unbranched alkanes of at least 4 members (excludes halogenated alkanes) is 2. The maximum absolute atomic E-state index is 14.8. The largest absolute Gasteiger partial charge is 0.432 e. The van der Waals surface area contributed by atoms with Gasteiger partial charge in [-0.05, 0) is 41.7 Å². The number of rotatable bonds is 11. The molecule has 0 fully saturated rings. The molecule has 2 nitrogen and oxygen atoms in total. The van der Waals surface area contributed by atoms with Gasteiger partial charge in [-0.3, -0.25) is 0 Å². The zero-order valence-electron chi connectivity index (χ0n) is 22.0. The second kappa shape index (κ2) is 12.4. The van der Waals surface area contributed by atoms with Crippen molar-refractivity contribution in [1.29, 1.82) is 0 Å². The van der Waals surface area contributed by atoms with Crippen molar-refractivity contribution in [2.24, 2.45) is 0 Å². The van der Waals surface area contributed by atoms with Gasteiger partial charge in [0.25, 0.3) is 0 Å². The molecule has 0 heterocycles. The normalized spacial score (nSPS) is 12.0. The predicted molar refractivity (Wildman–Crippen MR) is 137 cm³/mol. The van der Waals surface area contributed by atoms with Crippen molar-refractivity contribution in [2.45, 2.75) is 44.8 Å². The molecule has 222 valence electrons. The standard InChI is InChI=1S/C31H23F9O2/c1-2-3-4-5-18-6-8-19(9-7-18)20-10-12-21(13-11-20)30(37,38)41-22-14-24(32)28(25(33)15-22)31(39,40)42-23-16-26(34)29(36)27(35)17-23/h6-17H,2-5H2,1H3. The van der Waals surface area contributed by atoms with E-state index in [9.17, 15) is 39.5 Å². The molecule has 0 unspecified atom stereocenters. The van der Waals surface area contributed by atoms with Gasteiger partial charge in [-0.1, -0.05) is 56.2 Å². The highest BCUT2D eigenvalue weighted by molar-refractivity contribution is 5.64. The minimum Gasteiger partial charge on any atom is -0.429 e. The van der Waals surface area contributed by atoms with Crippen LogP contribution in [0.5, 0.6) is 11.5 Å². The van der Waals surface area contributed by atoms with Crippen LogP contribution in [0.2, 0.25) is 0 Å². The first-order chi connectivity index (χ1) is 19.8. The number of alkyl halides is 4. The summed E-state index contributed by atoms with van der Waals surface area (Å²) in [6.45, 7) is 2.11. The molecule has 0 aromatic heterocycles. The quantitative estimate of drug-likeness (QED) is 0.0972. The van der Waals surface area contributed by atoms with Gasteiger partial charge < -0.3 is 9.47 Å². The molecule has 0 aliphatic heterocycles. The molecule has 0 atom stereocenters. The Morgan fingerprint density at radius 3 is 1.52 bits per heavy atom. The summed E-state index contributed by atoms with van der Waals surface area (Å²) in [4.78, 5) is 0. The average Bonchev–Trinajstić information content (AvgIpc) is 2.91. The number of ether oxygens (including phenoxy) is 2. The molecular weight excluding hydrogens is 575 g/mol. The Kier molecular flexibility index (Phi) is 9.08. The van der Waals surface area contributed by atoms with Gasteiger partial charge in [-0.2, -0.15) is 17.6 Å². The average molecular weight is 599 g/mol. The van der Waals surface area contributed by atoms with E-state index in [4.69, 9.17) is 0 Å². The predicted octanol–water partition coefficient (Wildman–Crippen LogP) is 10.0. The molecule has 0 aliphatic rings. The van der Waals surface area contributed by atoms with Crippen LogP contribution in [0.1, 0.15) is 42.9 Å². The highest BCUT2D eigenvalue weighted by Gasteiger charge is 2.42. The van der Waals surface area contributed by atoms with Crippen LogP contribution in [0.15, 0.2) is 72.8 Å². The third kappa shape index (κ3) is 7.00. The lowest BCUT2D eigenvalue weighted by molar-refractivity contribution is -0.190. The van der Waals surface area contributed by atoms with E-state index < -0.39 is 63.9 Å². The molecule has 0 saturated carbocycles. The number of hydrogen-bond donors (Lipinski definition) is 0. The van der Waals surface area contributed by atoms with E-state index in [-0.39, 0.29) is 24.3 Å². The van der Waals surface area contributed by atoms with E-state index in [0.29, 0.717) is 5.56 Å². The van der Waals surface area contributed by atoms with E-state index >= 15 is 0 Å². The molecule has 0 N–H and O–H groups in total. The van der Waals surface area contributed by atoms with Crippen molar-refractivity contribution in [3.63, 3.8) is 0 Å². The van der Waals surface area contributed by atoms with Gasteiger partial charge in [0.2, 0.25) is 0 Å². The summed E-state index contributed by atoms with van der Waals surface area (Å²) in [5.74, 6) is -12.3. The van der Waals surface area contributed by atoms with Crippen LogP contribution >= 0.6 is 0 Å². The topological polar surface area (TPSA) is 18.5 Å². The second-order valence-corrected chi connectivity index (χ2v) is 9.43. The molecule has 4 aromatic carbocycles. The Labute approximate surface area is 235 Å². The first-order valence-electron chi connectivity index (χ1n) is 12.8. The Balaban J connectivity index is 1.49. The summed E-state index contributed by atoms with van der Waals surface area (Å²) in [7, 11) is 0. The Morgan fingerprint density at radius 1 is 0.571 bits per heavy atom. The third-order valence-electron chi connectivity index (χ3n) is 6.33. The zero-order chi connectivity index (χ0) is 30.7. The lowest BCUT2D eigenvalue weighted by atomic mass is 10.0. The van der Waals surface area contributed by atoms with E-state index in [2.05, 4.69) is 16.4 Å². The summed E-state index contributed by atoms with van der Waals surface area (Å²) < 4.78 is 136. The van der Waals surface area contributed by atoms with Gasteiger partial charge in [0, 0.05) is 24.3 Å². The summed E-state index contributed by atoms with van der Waals surface area (Å²) in [5.41, 5.74) is -0.180. The lowest BCUT2D eigenvalue weighted by Gasteiger charge is -2.22. The van der Waals surface area contributed by atoms with Crippen LogP contribution in [0.4, 0.5) is 39.5 Å². The van der Waals surface area contributed by atoms with Gasteiger partial charge >= 0.3 is 12.2 Å². The fourth-order valence-corrected chi connectivity index (χ4v) is 4.18. The smallest absolute Gasteiger partial charge is 0.429 e.